The second-order valence-corrected chi connectivity index (χ2v) is 9.20. The molecule has 1 unspecified atom stereocenters. The number of methoxy groups -OCH3 is 1. The lowest BCUT2D eigenvalue weighted by Gasteiger charge is -2.28. The van der Waals surface area contributed by atoms with Gasteiger partial charge >= 0.3 is 11.9 Å². The van der Waals surface area contributed by atoms with E-state index in [9.17, 15) is 24.6 Å². The Morgan fingerprint density at radius 1 is 1.06 bits per heavy atom. The predicted octanol–water partition coefficient (Wildman–Crippen LogP) is 5.03. The maximum absolute atomic E-state index is 13.3. The molecule has 2 atom stereocenters. The van der Waals surface area contributed by atoms with E-state index in [4.69, 9.17) is 14.2 Å². The smallest absolute Gasteiger partial charge is 0.342 e. The normalized spacial score (nSPS) is 21.0. The number of hydrogen-bond donors (Lipinski definition) is 2. The molecule has 0 amide bonds. The van der Waals surface area contributed by atoms with Crippen molar-refractivity contribution in [2.45, 2.75) is 63.9 Å². The number of esters is 2. The van der Waals surface area contributed by atoms with E-state index in [0.717, 1.165) is 0 Å². The van der Waals surface area contributed by atoms with Gasteiger partial charge in [0.15, 0.2) is 11.5 Å². The van der Waals surface area contributed by atoms with Crippen LogP contribution in [0.3, 0.4) is 0 Å². The summed E-state index contributed by atoms with van der Waals surface area (Å²) in [5.74, 6) is -1.61. The second-order valence-electron chi connectivity index (χ2n) is 9.20. The van der Waals surface area contributed by atoms with Crippen LogP contribution in [-0.4, -0.2) is 41.1 Å². The maximum Gasteiger partial charge on any atom is 0.342 e. The number of ketones is 1. The molecule has 0 bridgehead atoms. The fourth-order valence-corrected chi connectivity index (χ4v) is 4.71. The number of hydrogen-bond acceptors (Lipinski definition) is 8. The highest BCUT2D eigenvalue weighted by Gasteiger charge is 2.35. The largest absolute Gasteiger partial charge is 0.507 e. The molecule has 2 aliphatic rings. The van der Waals surface area contributed by atoms with Gasteiger partial charge in [-0.25, -0.2) is 4.79 Å². The number of cyclic esters (lactones) is 1. The molecule has 8 heteroatoms. The molecule has 190 valence electrons. The average molecular weight is 495 g/mol. The third kappa shape index (κ3) is 5.37. The van der Waals surface area contributed by atoms with E-state index in [1.54, 1.807) is 31.2 Å². The topological polar surface area (TPSA) is 119 Å². The minimum absolute atomic E-state index is 0.00122. The Morgan fingerprint density at radius 3 is 2.61 bits per heavy atom. The number of ether oxygens (including phenoxy) is 3. The molecular formula is C28H30O8. The molecule has 4 rings (SSSR count). The summed E-state index contributed by atoms with van der Waals surface area (Å²) in [4.78, 5) is 37.8. The first-order chi connectivity index (χ1) is 17.3. The van der Waals surface area contributed by atoms with Crippen molar-refractivity contribution in [3.63, 3.8) is 0 Å². The van der Waals surface area contributed by atoms with Crippen molar-refractivity contribution >= 4 is 23.8 Å². The van der Waals surface area contributed by atoms with E-state index in [1.165, 1.54) is 13.2 Å². The first kappa shape index (κ1) is 25.3. The van der Waals surface area contributed by atoms with Gasteiger partial charge in [-0.2, -0.15) is 0 Å². The zero-order chi connectivity index (χ0) is 25.8. The molecule has 2 aliphatic heterocycles. The van der Waals surface area contributed by atoms with Gasteiger partial charge in [0.25, 0.3) is 0 Å². The number of allylic oxidation sites excluding steroid dienone is 1. The Bertz CT molecular complexity index is 1210. The first-order valence-corrected chi connectivity index (χ1v) is 12.1. The van der Waals surface area contributed by atoms with Gasteiger partial charge in [0.05, 0.1) is 19.6 Å². The molecule has 0 saturated carbocycles. The number of phenolic OH excluding ortho intramolecular Hbond substituents is 2. The molecule has 0 saturated heterocycles. The molecular weight excluding hydrogens is 464 g/mol. The van der Waals surface area contributed by atoms with E-state index in [1.807, 2.05) is 6.08 Å². The van der Waals surface area contributed by atoms with Gasteiger partial charge < -0.3 is 24.4 Å². The molecule has 2 aromatic carbocycles. The van der Waals surface area contributed by atoms with Crippen molar-refractivity contribution in [2.75, 3.05) is 7.11 Å². The highest BCUT2D eigenvalue weighted by molar-refractivity contribution is 5.98. The Morgan fingerprint density at radius 2 is 1.83 bits per heavy atom. The minimum atomic E-state index is -0.690. The van der Waals surface area contributed by atoms with Crippen molar-refractivity contribution in [2.24, 2.45) is 0 Å². The summed E-state index contributed by atoms with van der Waals surface area (Å²) in [5, 5.41) is 21.4. The van der Waals surface area contributed by atoms with Crippen LogP contribution in [0.4, 0.5) is 0 Å². The summed E-state index contributed by atoms with van der Waals surface area (Å²) in [6, 6.07) is 6.24. The first-order valence-electron chi connectivity index (χ1n) is 12.1. The van der Waals surface area contributed by atoms with Crippen LogP contribution in [0.15, 0.2) is 30.3 Å². The molecule has 2 heterocycles. The van der Waals surface area contributed by atoms with Gasteiger partial charge in [-0.05, 0) is 61.9 Å². The Labute approximate surface area is 209 Å². The third-order valence-electron chi connectivity index (χ3n) is 6.58. The van der Waals surface area contributed by atoms with E-state index >= 15 is 0 Å². The van der Waals surface area contributed by atoms with Gasteiger partial charge in [-0.1, -0.05) is 18.2 Å². The number of benzene rings is 2. The lowest BCUT2D eigenvalue weighted by molar-refractivity contribution is -0.135. The van der Waals surface area contributed by atoms with E-state index in [-0.39, 0.29) is 40.8 Å². The number of carbonyl (C=O) groups is 3. The van der Waals surface area contributed by atoms with Gasteiger partial charge in [0.1, 0.15) is 22.8 Å². The Kier molecular flexibility index (Phi) is 7.62. The zero-order valence-electron chi connectivity index (χ0n) is 20.4. The highest BCUT2D eigenvalue weighted by Crippen LogP contribution is 2.48. The molecule has 0 spiro atoms. The summed E-state index contributed by atoms with van der Waals surface area (Å²) in [5.41, 5.74) is 1.27. The van der Waals surface area contributed by atoms with Gasteiger partial charge in [-0.3, -0.25) is 9.59 Å². The minimum Gasteiger partial charge on any atom is -0.507 e. The standard InChI is InChI=1S/C28H30O8/c1-16-7-6-10-19(29)9-5-3-4-8-18-14-23-26(27(32)25(18)28(33)35-16)20(15-24(31)36-23)17-11-12-21(30)22(13-17)34-2/h4,8,11-14,16,20,30,32H,3,5-7,9-10,15H2,1-2H3/t16-,20?/m0/s1. The average Bonchev–Trinajstić information content (AvgIpc) is 2.82. The second kappa shape index (κ2) is 10.8. The van der Waals surface area contributed by atoms with Crippen LogP contribution in [-0.2, 0) is 14.3 Å². The van der Waals surface area contributed by atoms with Crippen LogP contribution in [0.2, 0.25) is 0 Å². The van der Waals surface area contributed by atoms with Crippen molar-refractivity contribution in [3.05, 3.63) is 52.6 Å². The predicted molar refractivity (Wildman–Crippen MR) is 131 cm³/mol. The van der Waals surface area contributed by atoms with Gasteiger partial charge in [-0.15, -0.1) is 0 Å². The summed E-state index contributed by atoms with van der Waals surface area (Å²) in [7, 11) is 1.42. The van der Waals surface area contributed by atoms with Gasteiger partial charge in [0, 0.05) is 24.3 Å². The molecule has 8 nitrogen and oxygen atoms in total. The fourth-order valence-electron chi connectivity index (χ4n) is 4.71. The third-order valence-corrected chi connectivity index (χ3v) is 6.58. The molecule has 0 radical (unpaired) electrons. The molecule has 0 fully saturated rings. The molecule has 0 aliphatic carbocycles. The lowest BCUT2D eigenvalue weighted by atomic mass is 9.83. The van der Waals surface area contributed by atoms with Crippen LogP contribution < -0.4 is 9.47 Å². The van der Waals surface area contributed by atoms with Crippen LogP contribution in [0.25, 0.3) is 6.08 Å². The lowest BCUT2D eigenvalue weighted by Crippen LogP contribution is -2.23. The SMILES string of the molecule is COc1cc(C2CC(=O)Oc3cc4c(c(O)c32)C(=O)O[C@@H](C)CCCC(=O)CCCC=C4)ccc1O. The molecule has 2 aromatic rings. The number of aromatic hydroxyl groups is 2. The summed E-state index contributed by atoms with van der Waals surface area (Å²) >= 11 is 0. The number of fused-ring (bicyclic) bond motifs is 2. The van der Waals surface area contributed by atoms with Crippen molar-refractivity contribution in [1.29, 1.82) is 0 Å². The Balaban J connectivity index is 1.82. The highest BCUT2D eigenvalue weighted by atomic mass is 16.5. The van der Waals surface area contributed by atoms with Crippen LogP contribution in [0, 0.1) is 0 Å². The summed E-state index contributed by atoms with van der Waals surface area (Å²) in [6.45, 7) is 1.76. The maximum atomic E-state index is 13.3. The van der Waals surface area contributed by atoms with Gasteiger partial charge in [0.2, 0.25) is 0 Å². The summed E-state index contributed by atoms with van der Waals surface area (Å²) < 4.78 is 16.3. The van der Waals surface area contributed by atoms with Crippen molar-refractivity contribution in [1.82, 2.24) is 0 Å². The number of rotatable bonds is 2. The Hall–Kier alpha value is -3.81. The molecule has 2 N–H and O–H groups in total. The summed E-state index contributed by atoms with van der Waals surface area (Å²) in [6.07, 6.45) is 6.37. The van der Waals surface area contributed by atoms with Crippen LogP contribution in [0.5, 0.6) is 23.0 Å². The van der Waals surface area contributed by atoms with Crippen molar-refractivity contribution < 1.29 is 38.8 Å². The van der Waals surface area contributed by atoms with Crippen LogP contribution in [0.1, 0.15) is 84.8 Å². The van der Waals surface area contributed by atoms with Crippen LogP contribution >= 0.6 is 0 Å². The number of Topliss-reactive ketones (excluding diaryl/α,β-unsaturated/α-hetero) is 1. The monoisotopic (exact) mass is 494 g/mol. The van der Waals surface area contributed by atoms with Crippen molar-refractivity contribution in [3.8, 4) is 23.0 Å². The molecule has 36 heavy (non-hydrogen) atoms. The van der Waals surface area contributed by atoms with E-state index < -0.39 is 24.0 Å². The number of carbonyl (C=O) groups excluding carboxylic acids is 3. The van der Waals surface area contributed by atoms with E-state index in [0.29, 0.717) is 55.2 Å². The quantitative estimate of drug-likeness (QED) is 0.441. The zero-order valence-corrected chi connectivity index (χ0v) is 20.4. The van der Waals surface area contributed by atoms with E-state index in [2.05, 4.69) is 0 Å². The fraction of sp³-hybridized carbons (Fsp3) is 0.393. The number of phenols is 2. The molecule has 0 aromatic heterocycles.